The van der Waals surface area contributed by atoms with Crippen molar-refractivity contribution in [2.24, 2.45) is 0 Å². The van der Waals surface area contributed by atoms with E-state index in [1.807, 2.05) is 29.6 Å². The van der Waals surface area contributed by atoms with Crippen LogP contribution in [0, 0.1) is 0 Å². The van der Waals surface area contributed by atoms with Crippen molar-refractivity contribution in [2.75, 3.05) is 5.32 Å². The SMILES string of the molecule is CCc1cccc(C(=O)Nc2nccs2)c1. The zero-order valence-corrected chi connectivity index (χ0v) is 9.75. The molecule has 1 aromatic heterocycles. The average Bonchev–Trinajstić information content (AvgIpc) is 2.82. The van der Waals surface area contributed by atoms with Crippen molar-refractivity contribution >= 4 is 22.4 Å². The molecule has 0 aliphatic rings. The summed E-state index contributed by atoms with van der Waals surface area (Å²) >= 11 is 1.41. The van der Waals surface area contributed by atoms with Crippen LogP contribution in [-0.2, 0) is 6.42 Å². The molecule has 1 heterocycles. The van der Waals surface area contributed by atoms with Gasteiger partial charge in [-0.25, -0.2) is 4.98 Å². The van der Waals surface area contributed by atoms with Crippen molar-refractivity contribution in [1.82, 2.24) is 4.98 Å². The number of nitrogens with one attached hydrogen (secondary N) is 1. The Bertz CT molecular complexity index is 480. The minimum Gasteiger partial charge on any atom is -0.298 e. The number of carbonyl (C=O) groups is 1. The molecule has 0 aliphatic heterocycles. The van der Waals surface area contributed by atoms with Crippen LogP contribution < -0.4 is 5.32 Å². The van der Waals surface area contributed by atoms with Gasteiger partial charge in [0.2, 0.25) is 0 Å². The fraction of sp³-hybridized carbons (Fsp3) is 0.167. The molecule has 0 atom stereocenters. The minimum atomic E-state index is -0.106. The van der Waals surface area contributed by atoms with Crippen LogP contribution in [0.2, 0.25) is 0 Å². The Kier molecular flexibility index (Phi) is 3.31. The zero-order chi connectivity index (χ0) is 11.4. The molecule has 0 aliphatic carbocycles. The number of aromatic nitrogens is 1. The first kappa shape index (κ1) is 10.8. The van der Waals surface area contributed by atoms with Gasteiger partial charge in [-0.1, -0.05) is 19.1 Å². The topological polar surface area (TPSA) is 42.0 Å². The van der Waals surface area contributed by atoms with Crippen LogP contribution in [0.25, 0.3) is 0 Å². The monoisotopic (exact) mass is 232 g/mol. The molecule has 2 aromatic rings. The van der Waals surface area contributed by atoms with Crippen LogP contribution in [0.5, 0.6) is 0 Å². The normalized spacial score (nSPS) is 10.1. The van der Waals surface area contributed by atoms with Crippen molar-refractivity contribution < 1.29 is 4.79 Å². The Balaban J connectivity index is 2.14. The van der Waals surface area contributed by atoms with E-state index >= 15 is 0 Å². The van der Waals surface area contributed by atoms with Crippen LogP contribution in [0.3, 0.4) is 0 Å². The van der Waals surface area contributed by atoms with Gasteiger partial charge in [0.1, 0.15) is 0 Å². The number of hydrogen-bond acceptors (Lipinski definition) is 3. The van der Waals surface area contributed by atoms with Gasteiger partial charge in [-0.2, -0.15) is 0 Å². The van der Waals surface area contributed by atoms with Crippen LogP contribution >= 0.6 is 11.3 Å². The van der Waals surface area contributed by atoms with Gasteiger partial charge in [0, 0.05) is 17.1 Å². The van der Waals surface area contributed by atoms with Crippen LogP contribution in [-0.4, -0.2) is 10.9 Å². The summed E-state index contributed by atoms with van der Waals surface area (Å²) < 4.78 is 0. The molecule has 0 fully saturated rings. The molecule has 0 bridgehead atoms. The van der Waals surface area contributed by atoms with Crippen molar-refractivity contribution in [3.05, 3.63) is 47.0 Å². The maximum absolute atomic E-state index is 11.8. The standard InChI is InChI=1S/C12H12N2OS/c1-2-9-4-3-5-10(8-9)11(15)14-12-13-6-7-16-12/h3-8H,2H2,1H3,(H,13,14,15). The van der Waals surface area contributed by atoms with Crippen molar-refractivity contribution in [3.63, 3.8) is 0 Å². The van der Waals surface area contributed by atoms with E-state index in [2.05, 4.69) is 17.2 Å². The number of benzene rings is 1. The largest absolute Gasteiger partial charge is 0.298 e. The first-order valence-corrected chi connectivity index (χ1v) is 5.97. The molecule has 16 heavy (non-hydrogen) atoms. The highest BCUT2D eigenvalue weighted by Crippen LogP contribution is 2.13. The third-order valence-electron chi connectivity index (χ3n) is 2.25. The summed E-state index contributed by atoms with van der Waals surface area (Å²) in [6, 6.07) is 7.63. The molecule has 82 valence electrons. The maximum atomic E-state index is 11.8. The summed E-state index contributed by atoms with van der Waals surface area (Å²) in [7, 11) is 0. The number of anilines is 1. The highest BCUT2D eigenvalue weighted by Gasteiger charge is 2.07. The van der Waals surface area contributed by atoms with E-state index in [1.54, 1.807) is 6.20 Å². The molecule has 0 spiro atoms. The molecule has 1 N–H and O–H groups in total. The second-order valence-electron chi connectivity index (χ2n) is 3.35. The summed E-state index contributed by atoms with van der Waals surface area (Å²) in [5, 5.41) is 5.22. The minimum absolute atomic E-state index is 0.106. The smallest absolute Gasteiger partial charge is 0.257 e. The summed E-state index contributed by atoms with van der Waals surface area (Å²) in [4.78, 5) is 15.8. The molecular weight excluding hydrogens is 220 g/mol. The average molecular weight is 232 g/mol. The Hall–Kier alpha value is -1.68. The maximum Gasteiger partial charge on any atom is 0.257 e. The summed E-state index contributed by atoms with van der Waals surface area (Å²) in [5.74, 6) is -0.106. The third kappa shape index (κ3) is 2.46. The van der Waals surface area contributed by atoms with E-state index in [-0.39, 0.29) is 5.91 Å². The van der Waals surface area contributed by atoms with Gasteiger partial charge in [0.05, 0.1) is 0 Å². The van der Waals surface area contributed by atoms with Crippen LogP contribution in [0.15, 0.2) is 35.8 Å². The highest BCUT2D eigenvalue weighted by atomic mass is 32.1. The van der Waals surface area contributed by atoms with Gasteiger partial charge in [0.25, 0.3) is 5.91 Å². The molecule has 1 amide bonds. The van der Waals surface area contributed by atoms with Crippen molar-refractivity contribution in [3.8, 4) is 0 Å². The lowest BCUT2D eigenvalue weighted by atomic mass is 10.1. The van der Waals surface area contributed by atoms with Crippen molar-refractivity contribution in [2.45, 2.75) is 13.3 Å². The number of aryl methyl sites for hydroxylation is 1. The molecule has 0 radical (unpaired) electrons. The number of carbonyl (C=O) groups excluding carboxylic acids is 1. The molecule has 3 nitrogen and oxygen atoms in total. The van der Waals surface area contributed by atoms with E-state index in [9.17, 15) is 4.79 Å². The fourth-order valence-corrected chi connectivity index (χ4v) is 1.91. The lowest BCUT2D eigenvalue weighted by molar-refractivity contribution is 0.102. The number of nitrogens with zero attached hydrogens (tertiary/aromatic N) is 1. The number of amides is 1. The molecule has 0 saturated carbocycles. The predicted molar refractivity (Wildman–Crippen MR) is 65.9 cm³/mol. The van der Waals surface area contributed by atoms with Crippen LogP contribution in [0.1, 0.15) is 22.8 Å². The number of thiazole rings is 1. The van der Waals surface area contributed by atoms with E-state index in [0.717, 1.165) is 12.0 Å². The summed E-state index contributed by atoms with van der Waals surface area (Å²) in [6.45, 7) is 2.07. The van der Waals surface area contributed by atoms with Gasteiger partial charge in [-0.15, -0.1) is 11.3 Å². The Morgan fingerprint density at radius 2 is 2.38 bits per heavy atom. The second kappa shape index (κ2) is 4.90. The lowest BCUT2D eigenvalue weighted by Crippen LogP contribution is -2.11. The van der Waals surface area contributed by atoms with Crippen LogP contribution in [0.4, 0.5) is 5.13 Å². The highest BCUT2D eigenvalue weighted by molar-refractivity contribution is 7.13. The van der Waals surface area contributed by atoms with Gasteiger partial charge in [0.15, 0.2) is 5.13 Å². The Morgan fingerprint density at radius 3 is 3.06 bits per heavy atom. The first-order chi connectivity index (χ1) is 7.79. The summed E-state index contributed by atoms with van der Waals surface area (Å²) in [6.07, 6.45) is 2.60. The first-order valence-electron chi connectivity index (χ1n) is 5.09. The van der Waals surface area contributed by atoms with E-state index in [0.29, 0.717) is 10.7 Å². The van der Waals surface area contributed by atoms with E-state index < -0.39 is 0 Å². The molecule has 2 rings (SSSR count). The van der Waals surface area contributed by atoms with Gasteiger partial charge in [-0.05, 0) is 24.1 Å². The lowest BCUT2D eigenvalue weighted by Gasteiger charge is -2.03. The van der Waals surface area contributed by atoms with E-state index in [4.69, 9.17) is 0 Å². The Labute approximate surface area is 98.2 Å². The quantitative estimate of drug-likeness (QED) is 0.884. The van der Waals surface area contributed by atoms with E-state index in [1.165, 1.54) is 11.3 Å². The zero-order valence-electron chi connectivity index (χ0n) is 8.93. The molecule has 0 saturated heterocycles. The Morgan fingerprint density at radius 1 is 1.50 bits per heavy atom. The number of hydrogen-bond donors (Lipinski definition) is 1. The summed E-state index contributed by atoms with van der Waals surface area (Å²) in [5.41, 5.74) is 1.83. The molecule has 1 aromatic carbocycles. The fourth-order valence-electron chi connectivity index (χ4n) is 1.39. The van der Waals surface area contributed by atoms with Gasteiger partial charge < -0.3 is 0 Å². The molecular formula is C12H12N2OS. The molecule has 0 unspecified atom stereocenters. The second-order valence-corrected chi connectivity index (χ2v) is 4.24. The predicted octanol–water partition coefficient (Wildman–Crippen LogP) is 2.96. The number of rotatable bonds is 3. The van der Waals surface area contributed by atoms with Gasteiger partial charge >= 0.3 is 0 Å². The molecule has 4 heteroatoms. The van der Waals surface area contributed by atoms with Crippen molar-refractivity contribution in [1.29, 1.82) is 0 Å². The van der Waals surface area contributed by atoms with Gasteiger partial charge in [-0.3, -0.25) is 10.1 Å². The third-order valence-corrected chi connectivity index (χ3v) is 2.94.